The fourth-order valence-electron chi connectivity index (χ4n) is 6.77. The first-order valence-corrected chi connectivity index (χ1v) is 10.0. The lowest BCUT2D eigenvalue weighted by molar-refractivity contribution is -0.188. The number of ketones is 2. The summed E-state index contributed by atoms with van der Waals surface area (Å²) in [5, 5.41) is 0. The monoisotopic (exact) mass is 386 g/mol. The zero-order chi connectivity index (χ0) is 20.5. The van der Waals surface area contributed by atoms with Crippen molar-refractivity contribution in [3.8, 4) is 0 Å². The van der Waals surface area contributed by atoms with Gasteiger partial charge in [-0.3, -0.25) is 14.4 Å². The molecular formula is C23H27FO4. The first-order valence-electron chi connectivity index (χ1n) is 10.0. The van der Waals surface area contributed by atoms with Gasteiger partial charge in [-0.05, 0) is 55.7 Å². The number of ether oxygens (including phenoxy) is 1. The van der Waals surface area contributed by atoms with Crippen LogP contribution < -0.4 is 0 Å². The highest BCUT2D eigenvalue weighted by atomic mass is 19.1. The molecule has 150 valence electrons. The summed E-state index contributed by atoms with van der Waals surface area (Å²) >= 11 is 0. The Morgan fingerprint density at radius 2 is 1.93 bits per heavy atom. The Labute approximate surface area is 164 Å². The number of carbonyl (C=O) groups is 3. The van der Waals surface area contributed by atoms with Crippen LogP contribution in [0.5, 0.6) is 0 Å². The number of carbonyl (C=O) groups excluding carboxylic acids is 3. The lowest BCUT2D eigenvalue weighted by Gasteiger charge is -2.57. The second-order valence-electron chi connectivity index (χ2n) is 9.34. The number of Topliss-reactive ketones (excluding diaryl/α,β-unsaturated/α-hetero) is 1. The van der Waals surface area contributed by atoms with Gasteiger partial charge in [0.15, 0.2) is 17.2 Å². The van der Waals surface area contributed by atoms with Crippen LogP contribution in [0.3, 0.4) is 0 Å². The second-order valence-corrected chi connectivity index (χ2v) is 9.34. The average Bonchev–Trinajstić information content (AvgIpc) is 2.88. The third kappa shape index (κ3) is 2.31. The summed E-state index contributed by atoms with van der Waals surface area (Å²) in [4.78, 5) is 36.3. The molecule has 0 saturated heterocycles. The van der Waals surface area contributed by atoms with E-state index < -0.39 is 28.6 Å². The summed E-state index contributed by atoms with van der Waals surface area (Å²) in [6, 6.07) is 0. The van der Waals surface area contributed by atoms with E-state index in [1.165, 1.54) is 19.9 Å². The van der Waals surface area contributed by atoms with Crippen LogP contribution >= 0.6 is 0 Å². The fourth-order valence-corrected chi connectivity index (χ4v) is 6.77. The molecule has 4 aliphatic carbocycles. The maximum atomic E-state index is 15.8. The van der Waals surface area contributed by atoms with Gasteiger partial charge in [-0.1, -0.05) is 32.1 Å². The number of hydrogen-bond acceptors (Lipinski definition) is 4. The van der Waals surface area contributed by atoms with E-state index in [0.29, 0.717) is 12.8 Å². The molecule has 0 N–H and O–H groups in total. The van der Waals surface area contributed by atoms with Gasteiger partial charge in [0.25, 0.3) is 0 Å². The number of fused-ring (bicyclic) bond motifs is 5. The summed E-state index contributed by atoms with van der Waals surface area (Å²) in [6.07, 6.45) is 9.08. The fraction of sp³-hybridized carbons (Fsp3) is 0.609. The highest BCUT2D eigenvalue weighted by Gasteiger charge is 2.69. The third-order valence-corrected chi connectivity index (χ3v) is 8.03. The van der Waals surface area contributed by atoms with Crippen LogP contribution in [-0.4, -0.2) is 29.3 Å². The largest absolute Gasteiger partial charge is 0.451 e. The maximum Gasteiger partial charge on any atom is 0.303 e. The Morgan fingerprint density at radius 3 is 2.57 bits per heavy atom. The van der Waals surface area contributed by atoms with Gasteiger partial charge >= 0.3 is 5.97 Å². The van der Waals surface area contributed by atoms with Gasteiger partial charge in [-0.2, -0.15) is 0 Å². The van der Waals surface area contributed by atoms with E-state index in [1.807, 2.05) is 32.1 Å². The van der Waals surface area contributed by atoms with E-state index in [4.69, 9.17) is 4.74 Å². The van der Waals surface area contributed by atoms with Gasteiger partial charge < -0.3 is 4.74 Å². The quantitative estimate of drug-likeness (QED) is 0.675. The van der Waals surface area contributed by atoms with Crippen molar-refractivity contribution in [3.05, 3.63) is 36.0 Å². The smallest absolute Gasteiger partial charge is 0.303 e. The van der Waals surface area contributed by atoms with Crippen molar-refractivity contribution >= 4 is 17.5 Å². The van der Waals surface area contributed by atoms with Gasteiger partial charge in [-0.25, -0.2) is 4.39 Å². The van der Waals surface area contributed by atoms with E-state index in [-0.39, 0.29) is 35.7 Å². The molecule has 4 nitrogen and oxygen atoms in total. The van der Waals surface area contributed by atoms with Crippen LogP contribution in [0.15, 0.2) is 36.0 Å². The van der Waals surface area contributed by atoms with E-state index in [0.717, 1.165) is 5.57 Å². The SMILES string of the molecule is CC(=O)O[C@]1(C(C)=O)CC[C@H]2[C@@H]3C=CC4=CC(=O)C=C[C@]4(C)[C@H]3C(F)C[C@@]21C. The zero-order valence-electron chi connectivity index (χ0n) is 16.8. The molecule has 2 fully saturated rings. The minimum absolute atomic E-state index is 0.0356. The molecule has 4 aliphatic rings. The molecule has 7 atom stereocenters. The topological polar surface area (TPSA) is 60.4 Å². The lowest BCUT2D eigenvalue weighted by atomic mass is 9.48. The molecule has 1 unspecified atom stereocenters. The van der Waals surface area contributed by atoms with Crippen LogP contribution in [0.2, 0.25) is 0 Å². The van der Waals surface area contributed by atoms with Gasteiger partial charge in [0.05, 0.1) is 0 Å². The molecule has 0 amide bonds. The van der Waals surface area contributed by atoms with Crippen molar-refractivity contribution < 1.29 is 23.5 Å². The van der Waals surface area contributed by atoms with E-state index in [2.05, 4.69) is 0 Å². The maximum absolute atomic E-state index is 15.8. The van der Waals surface area contributed by atoms with Gasteiger partial charge in [0.1, 0.15) is 6.17 Å². The molecule has 5 heteroatoms. The minimum Gasteiger partial charge on any atom is -0.451 e. The number of halogens is 1. The third-order valence-electron chi connectivity index (χ3n) is 8.03. The summed E-state index contributed by atoms with van der Waals surface area (Å²) in [5.74, 6) is -1.11. The van der Waals surface area contributed by atoms with Crippen molar-refractivity contribution in [2.75, 3.05) is 0 Å². The van der Waals surface area contributed by atoms with Crippen LogP contribution in [-0.2, 0) is 19.1 Å². The Hall–Kier alpha value is -2.04. The molecule has 0 aliphatic heterocycles. The number of esters is 1. The van der Waals surface area contributed by atoms with Crippen LogP contribution in [0.1, 0.15) is 47.0 Å². The van der Waals surface area contributed by atoms with Crippen LogP contribution in [0.4, 0.5) is 4.39 Å². The van der Waals surface area contributed by atoms with Crippen molar-refractivity contribution in [2.45, 2.75) is 58.7 Å². The summed E-state index contributed by atoms with van der Waals surface area (Å²) in [6.45, 7) is 6.67. The molecule has 28 heavy (non-hydrogen) atoms. The summed E-state index contributed by atoms with van der Waals surface area (Å²) < 4.78 is 21.5. The number of rotatable bonds is 2. The molecule has 0 aromatic heterocycles. The van der Waals surface area contributed by atoms with Crippen molar-refractivity contribution in [2.24, 2.45) is 28.6 Å². The summed E-state index contributed by atoms with van der Waals surface area (Å²) in [5.41, 5.74) is -1.71. The van der Waals surface area contributed by atoms with Gasteiger partial charge in [0, 0.05) is 23.7 Å². The Balaban J connectivity index is 1.81. The molecule has 4 rings (SSSR count). The van der Waals surface area contributed by atoms with Crippen molar-refractivity contribution in [1.29, 1.82) is 0 Å². The molecular weight excluding hydrogens is 359 g/mol. The molecule has 0 aromatic rings. The first kappa shape index (κ1) is 19.3. The standard InChI is InChI=1S/C23H27FO4/c1-13(25)23(28-14(2)26)10-8-18-17-6-5-15-11-16(27)7-9-21(15,3)20(17)19(24)12-22(18,23)4/h5-7,9,11,17-20H,8,10,12H2,1-4H3/t17-,18-,19?,20+,21-,22-,23-/m0/s1. The molecule has 0 spiro atoms. The first-order chi connectivity index (χ1) is 13.0. The number of alkyl halides is 1. The molecule has 0 aromatic carbocycles. The number of hydrogen-bond donors (Lipinski definition) is 0. The molecule has 0 heterocycles. The molecule has 0 bridgehead atoms. The van der Waals surface area contributed by atoms with Crippen molar-refractivity contribution in [3.63, 3.8) is 0 Å². The zero-order valence-corrected chi connectivity index (χ0v) is 16.8. The Kier molecular flexibility index (Phi) is 4.12. The lowest BCUT2D eigenvalue weighted by Crippen LogP contribution is -2.60. The van der Waals surface area contributed by atoms with E-state index >= 15 is 4.39 Å². The Bertz CT molecular complexity index is 855. The normalized spacial score (nSPS) is 46.3. The number of allylic oxidation sites excluding steroid dienone is 6. The van der Waals surface area contributed by atoms with Gasteiger partial charge in [0.2, 0.25) is 0 Å². The van der Waals surface area contributed by atoms with E-state index in [1.54, 1.807) is 6.08 Å². The highest BCUT2D eigenvalue weighted by Crippen LogP contribution is 2.67. The average molecular weight is 386 g/mol. The highest BCUT2D eigenvalue weighted by molar-refractivity contribution is 6.01. The Morgan fingerprint density at radius 1 is 1.21 bits per heavy atom. The van der Waals surface area contributed by atoms with Crippen LogP contribution in [0, 0.1) is 28.6 Å². The summed E-state index contributed by atoms with van der Waals surface area (Å²) in [7, 11) is 0. The molecule has 0 radical (unpaired) electrons. The van der Waals surface area contributed by atoms with E-state index in [9.17, 15) is 14.4 Å². The van der Waals surface area contributed by atoms with Crippen LogP contribution in [0.25, 0.3) is 0 Å². The van der Waals surface area contributed by atoms with Gasteiger partial charge in [-0.15, -0.1) is 0 Å². The van der Waals surface area contributed by atoms with Crippen molar-refractivity contribution in [1.82, 2.24) is 0 Å². The predicted molar refractivity (Wildman–Crippen MR) is 102 cm³/mol. The molecule has 2 saturated carbocycles. The minimum atomic E-state index is -1.26. The predicted octanol–water partition coefficient (Wildman–Crippen LogP) is 3.91. The second kappa shape index (κ2) is 5.98.